The first-order valence-corrected chi connectivity index (χ1v) is 5.92. The van der Waals surface area contributed by atoms with Crippen molar-refractivity contribution in [2.75, 3.05) is 13.2 Å². The third kappa shape index (κ3) is 10.9. The molecule has 0 heterocycles. The van der Waals surface area contributed by atoms with Gasteiger partial charge in [0.2, 0.25) is 0 Å². The number of unbranched alkanes of at least 4 members (excludes halogenated alkanes) is 1. The van der Waals surface area contributed by atoms with Crippen LogP contribution >= 0.6 is 0 Å². The minimum Gasteiger partial charge on any atom is -0.478 e. The molecule has 17 heavy (non-hydrogen) atoms. The third-order valence-corrected chi connectivity index (χ3v) is 2.17. The van der Waals surface area contributed by atoms with E-state index < -0.39 is 5.97 Å². The van der Waals surface area contributed by atoms with E-state index in [0.29, 0.717) is 25.2 Å². The maximum absolute atomic E-state index is 10.5. The van der Waals surface area contributed by atoms with Gasteiger partial charge in [0.05, 0.1) is 13.2 Å². The van der Waals surface area contributed by atoms with Crippen LogP contribution in [-0.4, -0.2) is 24.3 Å². The van der Waals surface area contributed by atoms with Gasteiger partial charge in [0.25, 0.3) is 0 Å². The summed E-state index contributed by atoms with van der Waals surface area (Å²) in [6.07, 6.45) is 12.7. The van der Waals surface area contributed by atoms with Crippen LogP contribution in [0, 0.1) is 0 Å². The van der Waals surface area contributed by atoms with Crippen LogP contribution in [-0.2, 0) is 9.53 Å². The van der Waals surface area contributed by atoms with Crippen molar-refractivity contribution in [1.82, 2.24) is 0 Å². The van der Waals surface area contributed by atoms with Gasteiger partial charge in [0.1, 0.15) is 0 Å². The quantitative estimate of drug-likeness (QED) is 0.381. The molecule has 0 bridgehead atoms. The maximum atomic E-state index is 10.5. The van der Waals surface area contributed by atoms with Crippen LogP contribution in [0.2, 0.25) is 0 Å². The van der Waals surface area contributed by atoms with Crippen molar-refractivity contribution in [3.05, 3.63) is 36.0 Å². The number of carbonyl (C=O) groups is 1. The van der Waals surface area contributed by atoms with E-state index in [0.717, 1.165) is 12.8 Å². The van der Waals surface area contributed by atoms with Crippen molar-refractivity contribution in [2.45, 2.75) is 33.1 Å². The summed E-state index contributed by atoms with van der Waals surface area (Å²) in [5.41, 5.74) is 0.371. The van der Waals surface area contributed by atoms with E-state index in [9.17, 15) is 4.79 Å². The zero-order valence-electron chi connectivity index (χ0n) is 10.7. The van der Waals surface area contributed by atoms with E-state index in [1.807, 2.05) is 19.1 Å². The average Bonchev–Trinajstić information content (AvgIpc) is 2.31. The van der Waals surface area contributed by atoms with Crippen LogP contribution in [0.4, 0.5) is 0 Å². The van der Waals surface area contributed by atoms with E-state index in [2.05, 4.69) is 12.2 Å². The smallest absolute Gasteiger partial charge is 0.330 e. The summed E-state index contributed by atoms with van der Waals surface area (Å²) in [7, 11) is 0. The zero-order chi connectivity index (χ0) is 12.9. The summed E-state index contributed by atoms with van der Waals surface area (Å²) in [4.78, 5) is 10.5. The first-order chi connectivity index (χ1) is 8.18. The Morgan fingerprint density at radius 3 is 2.53 bits per heavy atom. The highest BCUT2D eigenvalue weighted by molar-refractivity contribution is 5.85. The molecule has 0 fully saturated rings. The molecular formula is C14H22O3. The van der Waals surface area contributed by atoms with Gasteiger partial charge < -0.3 is 9.84 Å². The highest BCUT2D eigenvalue weighted by atomic mass is 16.5. The normalized spacial score (nSPS) is 12.7. The number of allylic oxidation sites excluding steroid dienone is 3. The van der Waals surface area contributed by atoms with Crippen LogP contribution in [0.15, 0.2) is 36.0 Å². The molecule has 0 saturated heterocycles. The van der Waals surface area contributed by atoms with Gasteiger partial charge in [-0.05, 0) is 33.1 Å². The number of rotatable bonds is 9. The molecule has 96 valence electrons. The Kier molecular flexibility index (Phi) is 10.3. The molecule has 0 aliphatic rings. The Balaban J connectivity index is 3.40. The Bertz CT molecular complexity index is 288. The number of carboxylic acids is 1. The molecule has 3 nitrogen and oxygen atoms in total. The van der Waals surface area contributed by atoms with Crippen LogP contribution in [0.25, 0.3) is 0 Å². The summed E-state index contributed by atoms with van der Waals surface area (Å²) in [6.45, 7) is 4.75. The number of aliphatic carboxylic acids is 1. The fourth-order valence-corrected chi connectivity index (χ4v) is 1.14. The van der Waals surface area contributed by atoms with Crippen LogP contribution in [0.3, 0.4) is 0 Å². The lowest BCUT2D eigenvalue weighted by molar-refractivity contribution is -0.132. The number of carboxylic acid groups (broad SMARTS) is 1. The van der Waals surface area contributed by atoms with Crippen molar-refractivity contribution < 1.29 is 14.6 Å². The van der Waals surface area contributed by atoms with Crippen molar-refractivity contribution in [1.29, 1.82) is 0 Å². The lowest BCUT2D eigenvalue weighted by Gasteiger charge is -1.98. The lowest BCUT2D eigenvalue weighted by Crippen LogP contribution is -1.98. The minimum absolute atomic E-state index is 0.371. The van der Waals surface area contributed by atoms with Gasteiger partial charge in [0.15, 0.2) is 0 Å². The van der Waals surface area contributed by atoms with Crippen molar-refractivity contribution in [3.8, 4) is 0 Å². The molecule has 0 aliphatic heterocycles. The van der Waals surface area contributed by atoms with E-state index in [1.165, 1.54) is 0 Å². The summed E-state index contributed by atoms with van der Waals surface area (Å²) in [5.74, 6) is -0.867. The topological polar surface area (TPSA) is 46.5 Å². The third-order valence-electron chi connectivity index (χ3n) is 2.17. The largest absolute Gasteiger partial charge is 0.478 e. The van der Waals surface area contributed by atoms with Gasteiger partial charge in [0, 0.05) is 5.57 Å². The Hall–Kier alpha value is -1.35. The Morgan fingerprint density at radius 2 is 1.88 bits per heavy atom. The lowest BCUT2D eigenvalue weighted by atomic mass is 10.2. The molecule has 0 radical (unpaired) electrons. The molecule has 0 aromatic carbocycles. The first-order valence-electron chi connectivity index (χ1n) is 5.92. The van der Waals surface area contributed by atoms with Gasteiger partial charge in [-0.15, -0.1) is 0 Å². The second kappa shape index (κ2) is 11.1. The summed E-state index contributed by atoms with van der Waals surface area (Å²) >= 11 is 0. The summed E-state index contributed by atoms with van der Waals surface area (Å²) in [5, 5.41) is 8.60. The molecule has 0 amide bonds. The van der Waals surface area contributed by atoms with Gasteiger partial charge in [-0.2, -0.15) is 0 Å². The maximum Gasteiger partial charge on any atom is 0.330 e. The van der Waals surface area contributed by atoms with E-state index in [-0.39, 0.29) is 0 Å². The Labute approximate surface area is 103 Å². The standard InChI is InChI=1S/C14H22O3/c1-3-4-5-6-7-8-11-17-12-9-10-13(2)14(15)16/h3-4,7-8,10H,5-6,9,11-12H2,1-2H3,(H,15,16). The Morgan fingerprint density at radius 1 is 1.18 bits per heavy atom. The number of hydrogen-bond donors (Lipinski definition) is 1. The fraction of sp³-hybridized carbons (Fsp3) is 0.500. The van der Waals surface area contributed by atoms with Gasteiger partial charge in [-0.1, -0.05) is 30.4 Å². The van der Waals surface area contributed by atoms with E-state index in [1.54, 1.807) is 13.0 Å². The van der Waals surface area contributed by atoms with Gasteiger partial charge in [-0.3, -0.25) is 0 Å². The number of hydrogen-bond acceptors (Lipinski definition) is 2. The molecule has 0 atom stereocenters. The highest BCUT2D eigenvalue weighted by Crippen LogP contribution is 1.96. The first kappa shape index (κ1) is 15.7. The van der Waals surface area contributed by atoms with Crippen LogP contribution in [0.1, 0.15) is 33.1 Å². The predicted molar refractivity (Wildman–Crippen MR) is 70.0 cm³/mol. The summed E-state index contributed by atoms with van der Waals surface area (Å²) in [6, 6.07) is 0. The number of ether oxygens (including phenoxy) is 1. The molecule has 0 saturated carbocycles. The van der Waals surface area contributed by atoms with Crippen LogP contribution in [0.5, 0.6) is 0 Å². The predicted octanol–water partition coefficient (Wildman–Crippen LogP) is 3.34. The zero-order valence-corrected chi connectivity index (χ0v) is 10.7. The van der Waals surface area contributed by atoms with E-state index in [4.69, 9.17) is 9.84 Å². The second-order valence-electron chi connectivity index (χ2n) is 3.67. The van der Waals surface area contributed by atoms with Crippen molar-refractivity contribution in [2.24, 2.45) is 0 Å². The molecule has 0 aromatic heterocycles. The summed E-state index contributed by atoms with van der Waals surface area (Å²) < 4.78 is 5.33. The second-order valence-corrected chi connectivity index (χ2v) is 3.67. The molecule has 3 heteroatoms. The highest BCUT2D eigenvalue weighted by Gasteiger charge is 1.97. The molecule has 0 spiro atoms. The van der Waals surface area contributed by atoms with Gasteiger partial charge >= 0.3 is 5.97 Å². The average molecular weight is 238 g/mol. The molecule has 1 N–H and O–H groups in total. The molecule has 0 aromatic rings. The molecular weight excluding hydrogens is 216 g/mol. The van der Waals surface area contributed by atoms with Crippen molar-refractivity contribution >= 4 is 5.97 Å². The van der Waals surface area contributed by atoms with E-state index >= 15 is 0 Å². The SMILES string of the molecule is CC=CCCC=CCOCCC=C(C)C(=O)O. The minimum atomic E-state index is -0.867. The van der Waals surface area contributed by atoms with Gasteiger partial charge in [-0.25, -0.2) is 4.79 Å². The fourth-order valence-electron chi connectivity index (χ4n) is 1.14. The molecule has 0 unspecified atom stereocenters. The molecule has 0 aliphatic carbocycles. The van der Waals surface area contributed by atoms with Crippen molar-refractivity contribution in [3.63, 3.8) is 0 Å². The van der Waals surface area contributed by atoms with Crippen LogP contribution < -0.4 is 0 Å². The monoisotopic (exact) mass is 238 g/mol. The molecule has 0 rings (SSSR count).